The third-order valence-electron chi connectivity index (χ3n) is 4.60. The number of morpholine rings is 1. The lowest BCUT2D eigenvalue weighted by Crippen LogP contribution is -2.37. The van der Waals surface area contributed by atoms with Crippen LogP contribution in [0.15, 0.2) is 24.4 Å². The monoisotopic (exact) mass is 444 g/mol. The van der Waals surface area contributed by atoms with Crippen LogP contribution in [0.5, 0.6) is 0 Å². The molecule has 0 atom stereocenters. The smallest absolute Gasteiger partial charge is 0.378 e. The lowest BCUT2D eigenvalue weighted by Gasteiger charge is -2.28. The molecule has 3 heterocycles. The molecular formula is C18H14F6N6O. The van der Waals surface area contributed by atoms with Crippen LogP contribution in [0.25, 0.3) is 22.4 Å². The molecular weight excluding hydrogens is 430 g/mol. The maximum atomic E-state index is 13.2. The molecule has 0 unspecified atom stereocenters. The van der Waals surface area contributed by atoms with Gasteiger partial charge in [0.1, 0.15) is 0 Å². The Morgan fingerprint density at radius 2 is 1.48 bits per heavy atom. The third kappa shape index (κ3) is 4.31. The van der Waals surface area contributed by atoms with Crippen molar-refractivity contribution in [2.24, 2.45) is 0 Å². The molecule has 7 nitrogen and oxygen atoms in total. The van der Waals surface area contributed by atoms with E-state index in [4.69, 9.17) is 10.5 Å². The SMILES string of the molecule is Nc1nc(N2CCOCC2)c2nc(-c3cc(C(F)(F)F)cc(C(F)(F)F)c3)cnc2n1. The molecule has 1 aliphatic rings. The van der Waals surface area contributed by atoms with Crippen molar-refractivity contribution in [1.29, 1.82) is 0 Å². The van der Waals surface area contributed by atoms with Crippen molar-refractivity contribution in [2.75, 3.05) is 36.9 Å². The molecule has 0 spiro atoms. The van der Waals surface area contributed by atoms with Gasteiger partial charge in [-0.15, -0.1) is 0 Å². The Labute approximate surface area is 170 Å². The van der Waals surface area contributed by atoms with Gasteiger partial charge in [-0.25, -0.2) is 9.97 Å². The van der Waals surface area contributed by atoms with E-state index in [1.807, 2.05) is 0 Å². The summed E-state index contributed by atoms with van der Waals surface area (Å²) in [6.07, 6.45) is -8.90. The number of aromatic nitrogens is 4. The van der Waals surface area contributed by atoms with E-state index in [0.29, 0.717) is 38.4 Å². The molecule has 2 aromatic heterocycles. The molecule has 1 aliphatic heterocycles. The summed E-state index contributed by atoms with van der Waals surface area (Å²) in [5, 5.41) is 0. The van der Waals surface area contributed by atoms with Crippen LogP contribution >= 0.6 is 0 Å². The van der Waals surface area contributed by atoms with E-state index in [1.54, 1.807) is 4.90 Å². The highest BCUT2D eigenvalue weighted by atomic mass is 19.4. The number of anilines is 2. The maximum Gasteiger partial charge on any atom is 0.416 e. The summed E-state index contributed by atoms with van der Waals surface area (Å²) >= 11 is 0. The van der Waals surface area contributed by atoms with Gasteiger partial charge in [-0.3, -0.25) is 0 Å². The predicted octanol–water partition coefficient (Wildman–Crippen LogP) is 3.54. The van der Waals surface area contributed by atoms with Crippen LogP contribution in [0.1, 0.15) is 11.1 Å². The van der Waals surface area contributed by atoms with Crippen molar-refractivity contribution >= 4 is 22.9 Å². The summed E-state index contributed by atoms with van der Waals surface area (Å²) in [4.78, 5) is 18.2. The minimum atomic E-state index is -4.98. The van der Waals surface area contributed by atoms with Crippen molar-refractivity contribution in [3.8, 4) is 11.3 Å². The summed E-state index contributed by atoms with van der Waals surface area (Å²) in [5.74, 6) is 0.192. The quantitative estimate of drug-likeness (QED) is 0.605. The first-order valence-electron chi connectivity index (χ1n) is 8.95. The number of nitrogen functional groups attached to an aromatic ring is 1. The van der Waals surface area contributed by atoms with Gasteiger partial charge in [-0.1, -0.05) is 0 Å². The molecule has 0 aliphatic carbocycles. The second-order valence-electron chi connectivity index (χ2n) is 6.73. The molecule has 164 valence electrons. The fourth-order valence-electron chi connectivity index (χ4n) is 3.15. The van der Waals surface area contributed by atoms with Crippen molar-refractivity contribution in [3.63, 3.8) is 0 Å². The molecule has 1 aromatic carbocycles. The van der Waals surface area contributed by atoms with Crippen LogP contribution in [0.2, 0.25) is 0 Å². The molecule has 3 aromatic rings. The first-order chi connectivity index (χ1) is 14.5. The zero-order valence-electron chi connectivity index (χ0n) is 15.6. The Kier molecular flexibility index (Phi) is 5.07. The van der Waals surface area contributed by atoms with E-state index in [0.717, 1.165) is 6.20 Å². The lowest BCUT2D eigenvalue weighted by atomic mass is 10.0. The largest absolute Gasteiger partial charge is 0.416 e. The molecule has 2 N–H and O–H groups in total. The average molecular weight is 444 g/mol. The molecule has 0 amide bonds. The van der Waals surface area contributed by atoms with Gasteiger partial charge in [0.05, 0.1) is 36.2 Å². The van der Waals surface area contributed by atoms with Crippen molar-refractivity contribution in [2.45, 2.75) is 12.4 Å². The second kappa shape index (κ2) is 7.48. The Bertz CT molecular complexity index is 1090. The number of fused-ring (bicyclic) bond motifs is 1. The van der Waals surface area contributed by atoms with E-state index in [9.17, 15) is 26.3 Å². The molecule has 0 bridgehead atoms. The molecule has 1 saturated heterocycles. The molecule has 13 heteroatoms. The van der Waals surface area contributed by atoms with Gasteiger partial charge < -0.3 is 15.4 Å². The predicted molar refractivity (Wildman–Crippen MR) is 98.0 cm³/mol. The van der Waals surface area contributed by atoms with Gasteiger partial charge in [-0.2, -0.15) is 36.3 Å². The van der Waals surface area contributed by atoms with Gasteiger partial charge in [0.2, 0.25) is 5.95 Å². The zero-order valence-corrected chi connectivity index (χ0v) is 15.6. The molecule has 31 heavy (non-hydrogen) atoms. The van der Waals surface area contributed by atoms with Crippen molar-refractivity contribution in [3.05, 3.63) is 35.5 Å². The second-order valence-corrected chi connectivity index (χ2v) is 6.73. The van der Waals surface area contributed by atoms with Crippen LogP contribution < -0.4 is 10.6 Å². The van der Waals surface area contributed by atoms with Gasteiger partial charge in [-0.05, 0) is 18.2 Å². The lowest BCUT2D eigenvalue weighted by molar-refractivity contribution is -0.143. The summed E-state index contributed by atoms with van der Waals surface area (Å²) in [6, 6.07) is 1.25. The minimum Gasteiger partial charge on any atom is -0.378 e. The Hall–Kier alpha value is -3.22. The van der Waals surface area contributed by atoms with Crippen LogP contribution in [0.3, 0.4) is 0 Å². The van der Waals surface area contributed by atoms with E-state index < -0.39 is 23.5 Å². The number of rotatable bonds is 2. The normalized spacial score (nSPS) is 15.5. The van der Waals surface area contributed by atoms with Crippen LogP contribution in [0, 0.1) is 0 Å². The average Bonchev–Trinajstić information content (AvgIpc) is 2.72. The highest BCUT2D eigenvalue weighted by Gasteiger charge is 2.37. The van der Waals surface area contributed by atoms with Crippen molar-refractivity contribution < 1.29 is 31.1 Å². The molecule has 0 radical (unpaired) electrons. The Morgan fingerprint density at radius 1 is 0.871 bits per heavy atom. The summed E-state index contributed by atoms with van der Waals surface area (Å²) < 4.78 is 84.5. The van der Waals surface area contributed by atoms with Crippen LogP contribution in [-0.2, 0) is 17.1 Å². The topological polar surface area (TPSA) is 90.0 Å². The summed E-state index contributed by atoms with van der Waals surface area (Å²) in [7, 11) is 0. The van der Waals surface area contributed by atoms with Gasteiger partial charge >= 0.3 is 12.4 Å². The van der Waals surface area contributed by atoms with Crippen LogP contribution in [0.4, 0.5) is 38.1 Å². The number of nitrogens with two attached hydrogens (primary N) is 1. The third-order valence-corrected chi connectivity index (χ3v) is 4.60. The Balaban J connectivity index is 1.89. The summed E-state index contributed by atoms with van der Waals surface area (Å²) in [5.41, 5.74) is 2.44. The van der Waals surface area contributed by atoms with Crippen LogP contribution in [-0.4, -0.2) is 46.2 Å². The number of nitrogens with zero attached hydrogens (tertiary/aromatic N) is 5. The number of halogens is 6. The number of ether oxygens (including phenoxy) is 1. The standard InChI is InChI=1S/C18H14F6N6O/c19-17(20,21)10-5-9(6-11(7-10)18(22,23)24)12-8-26-14-13(27-12)15(29-16(25)28-14)30-1-3-31-4-2-30/h5-8H,1-4H2,(H2,25,26,28,29). The highest BCUT2D eigenvalue weighted by molar-refractivity contribution is 5.85. The highest BCUT2D eigenvalue weighted by Crippen LogP contribution is 2.38. The molecule has 4 rings (SSSR count). The number of hydrogen-bond donors (Lipinski definition) is 1. The number of alkyl halides is 6. The molecule has 0 saturated carbocycles. The van der Waals surface area contributed by atoms with Gasteiger partial charge in [0.15, 0.2) is 17.0 Å². The van der Waals surface area contributed by atoms with E-state index in [2.05, 4.69) is 19.9 Å². The van der Waals surface area contributed by atoms with Gasteiger partial charge in [0.25, 0.3) is 0 Å². The zero-order chi connectivity index (χ0) is 22.4. The fraction of sp³-hybridized carbons (Fsp3) is 0.333. The van der Waals surface area contributed by atoms with Gasteiger partial charge in [0, 0.05) is 18.7 Å². The number of benzene rings is 1. The minimum absolute atomic E-state index is 0.0565. The molecule has 1 fully saturated rings. The maximum absolute atomic E-state index is 13.2. The van der Waals surface area contributed by atoms with E-state index in [1.165, 1.54) is 0 Å². The van der Waals surface area contributed by atoms with E-state index in [-0.39, 0.29) is 40.3 Å². The summed E-state index contributed by atoms with van der Waals surface area (Å²) in [6.45, 7) is 1.70. The number of hydrogen-bond acceptors (Lipinski definition) is 7. The first-order valence-corrected chi connectivity index (χ1v) is 8.95. The van der Waals surface area contributed by atoms with Crippen molar-refractivity contribution in [1.82, 2.24) is 19.9 Å². The first kappa shape index (κ1) is 21.0. The fourth-order valence-corrected chi connectivity index (χ4v) is 3.15. The Morgan fingerprint density at radius 3 is 2.06 bits per heavy atom. The van der Waals surface area contributed by atoms with E-state index >= 15 is 0 Å².